The van der Waals surface area contributed by atoms with Gasteiger partial charge in [0, 0.05) is 13.2 Å². The fourth-order valence-electron chi connectivity index (χ4n) is 2.84. The Bertz CT molecular complexity index is 416. The van der Waals surface area contributed by atoms with Crippen molar-refractivity contribution in [2.45, 2.75) is 85.0 Å². The van der Waals surface area contributed by atoms with Gasteiger partial charge in [0.25, 0.3) is 0 Å². The van der Waals surface area contributed by atoms with E-state index in [0.29, 0.717) is 5.92 Å². The first-order chi connectivity index (χ1) is 12.3. The zero-order valence-corrected chi connectivity index (χ0v) is 16.9. The Kier molecular flexibility index (Phi) is 13.4. The maximum atomic E-state index is 6.03. The minimum absolute atomic E-state index is 0.671. The minimum atomic E-state index is 0.671. The molecule has 2 nitrogen and oxygen atoms in total. The molecule has 0 radical (unpaired) electrons. The van der Waals surface area contributed by atoms with E-state index in [0.717, 1.165) is 44.8 Å². The largest absolute Gasteiger partial charge is 0.493 e. The van der Waals surface area contributed by atoms with E-state index in [-0.39, 0.29) is 0 Å². The SMILES string of the molecule is CCCCCCCCc1ccccc1OCCCCOCC(C)CC. The molecular weight excluding hydrogens is 308 g/mol. The van der Waals surface area contributed by atoms with Crippen molar-refractivity contribution < 1.29 is 9.47 Å². The molecule has 1 aromatic carbocycles. The molecule has 2 heteroatoms. The summed E-state index contributed by atoms with van der Waals surface area (Å²) < 4.78 is 11.7. The molecule has 0 fully saturated rings. The molecule has 144 valence electrons. The molecule has 0 amide bonds. The fourth-order valence-corrected chi connectivity index (χ4v) is 2.84. The Morgan fingerprint density at radius 1 is 0.840 bits per heavy atom. The van der Waals surface area contributed by atoms with Gasteiger partial charge in [-0.2, -0.15) is 0 Å². The van der Waals surface area contributed by atoms with Crippen molar-refractivity contribution in [2.24, 2.45) is 5.92 Å². The first-order valence-electron chi connectivity index (χ1n) is 10.6. The van der Waals surface area contributed by atoms with Gasteiger partial charge >= 0.3 is 0 Å². The summed E-state index contributed by atoms with van der Waals surface area (Å²) in [4.78, 5) is 0. The van der Waals surface area contributed by atoms with Gasteiger partial charge in [0.2, 0.25) is 0 Å². The lowest BCUT2D eigenvalue weighted by Gasteiger charge is -2.12. The highest BCUT2D eigenvalue weighted by molar-refractivity contribution is 5.33. The van der Waals surface area contributed by atoms with Gasteiger partial charge in [-0.25, -0.2) is 0 Å². The Balaban J connectivity index is 2.14. The van der Waals surface area contributed by atoms with Gasteiger partial charge in [0.1, 0.15) is 5.75 Å². The maximum absolute atomic E-state index is 6.03. The predicted octanol–water partition coefficient (Wildman–Crippen LogP) is 6.81. The highest BCUT2D eigenvalue weighted by atomic mass is 16.5. The third-order valence-corrected chi connectivity index (χ3v) is 4.81. The number of benzene rings is 1. The summed E-state index contributed by atoms with van der Waals surface area (Å²) in [5.41, 5.74) is 1.37. The van der Waals surface area contributed by atoms with Gasteiger partial charge in [-0.05, 0) is 43.2 Å². The third kappa shape index (κ3) is 11.3. The molecule has 0 aliphatic heterocycles. The normalized spacial score (nSPS) is 12.3. The topological polar surface area (TPSA) is 18.5 Å². The van der Waals surface area contributed by atoms with Crippen molar-refractivity contribution in [1.82, 2.24) is 0 Å². The van der Waals surface area contributed by atoms with E-state index >= 15 is 0 Å². The number of hydrogen-bond acceptors (Lipinski definition) is 2. The zero-order chi connectivity index (χ0) is 18.2. The van der Waals surface area contributed by atoms with Crippen LogP contribution in [0.5, 0.6) is 5.75 Å². The molecule has 1 aromatic rings. The van der Waals surface area contributed by atoms with Crippen LogP contribution in [-0.4, -0.2) is 19.8 Å². The average Bonchev–Trinajstić information content (AvgIpc) is 2.64. The number of rotatable bonds is 16. The van der Waals surface area contributed by atoms with Crippen molar-refractivity contribution in [3.8, 4) is 5.75 Å². The molecule has 25 heavy (non-hydrogen) atoms. The number of aryl methyl sites for hydroxylation is 1. The van der Waals surface area contributed by atoms with E-state index in [9.17, 15) is 0 Å². The van der Waals surface area contributed by atoms with Crippen LogP contribution in [0.15, 0.2) is 24.3 Å². The second-order valence-electron chi connectivity index (χ2n) is 7.27. The van der Waals surface area contributed by atoms with Crippen LogP contribution in [0.25, 0.3) is 0 Å². The molecule has 0 aliphatic rings. The van der Waals surface area contributed by atoms with Crippen LogP contribution in [0.2, 0.25) is 0 Å². The molecule has 0 bridgehead atoms. The van der Waals surface area contributed by atoms with Gasteiger partial charge in [-0.3, -0.25) is 0 Å². The van der Waals surface area contributed by atoms with Gasteiger partial charge in [0.15, 0.2) is 0 Å². The molecule has 0 spiro atoms. The molecule has 0 saturated heterocycles. The highest BCUT2D eigenvalue weighted by Crippen LogP contribution is 2.21. The maximum Gasteiger partial charge on any atom is 0.122 e. The van der Waals surface area contributed by atoms with Gasteiger partial charge in [-0.15, -0.1) is 0 Å². The summed E-state index contributed by atoms with van der Waals surface area (Å²) in [6, 6.07) is 8.54. The number of hydrogen-bond donors (Lipinski definition) is 0. The summed E-state index contributed by atoms with van der Waals surface area (Å²) in [6.45, 7) is 9.26. The van der Waals surface area contributed by atoms with Crippen molar-refractivity contribution in [1.29, 1.82) is 0 Å². The van der Waals surface area contributed by atoms with E-state index in [1.165, 1.54) is 50.5 Å². The van der Waals surface area contributed by atoms with Crippen LogP contribution in [-0.2, 0) is 11.2 Å². The van der Waals surface area contributed by atoms with Crippen molar-refractivity contribution in [3.63, 3.8) is 0 Å². The van der Waals surface area contributed by atoms with Gasteiger partial charge in [0.05, 0.1) is 6.61 Å². The lowest BCUT2D eigenvalue weighted by Crippen LogP contribution is -2.07. The van der Waals surface area contributed by atoms with Crippen LogP contribution in [0.4, 0.5) is 0 Å². The average molecular weight is 349 g/mol. The first kappa shape index (κ1) is 22.0. The van der Waals surface area contributed by atoms with Crippen LogP contribution in [0, 0.1) is 5.92 Å². The molecule has 0 saturated carbocycles. The molecular formula is C23H40O2. The Labute approximate surface area is 156 Å². The van der Waals surface area contributed by atoms with Gasteiger partial charge in [-0.1, -0.05) is 77.5 Å². The first-order valence-corrected chi connectivity index (χ1v) is 10.6. The Hall–Kier alpha value is -1.02. The van der Waals surface area contributed by atoms with Crippen LogP contribution in [0.1, 0.15) is 84.1 Å². The van der Waals surface area contributed by atoms with E-state index in [2.05, 4.69) is 45.0 Å². The van der Waals surface area contributed by atoms with Gasteiger partial charge < -0.3 is 9.47 Å². The number of ether oxygens (including phenoxy) is 2. The van der Waals surface area contributed by atoms with Crippen molar-refractivity contribution in [2.75, 3.05) is 19.8 Å². The molecule has 0 heterocycles. The second-order valence-corrected chi connectivity index (χ2v) is 7.27. The molecule has 0 N–H and O–H groups in total. The quantitative estimate of drug-likeness (QED) is 0.305. The number of unbranched alkanes of at least 4 members (excludes halogenated alkanes) is 6. The highest BCUT2D eigenvalue weighted by Gasteiger charge is 2.03. The second kappa shape index (κ2) is 15.3. The van der Waals surface area contributed by atoms with E-state index < -0.39 is 0 Å². The van der Waals surface area contributed by atoms with Crippen LogP contribution < -0.4 is 4.74 Å². The predicted molar refractivity (Wildman–Crippen MR) is 109 cm³/mol. The monoisotopic (exact) mass is 348 g/mol. The molecule has 1 atom stereocenters. The third-order valence-electron chi connectivity index (χ3n) is 4.81. The molecule has 0 aliphatic carbocycles. The Morgan fingerprint density at radius 3 is 2.36 bits per heavy atom. The zero-order valence-electron chi connectivity index (χ0n) is 16.9. The lowest BCUT2D eigenvalue weighted by atomic mass is 10.0. The summed E-state index contributed by atoms with van der Waals surface area (Å²) in [7, 11) is 0. The van der Waals surface area contributed by atoms with Crippen LogP contribution >= 0.6 is 0 Å². The summed E-state index contributed by atoms with van der Waals surface area (Å²) in [5.74, 6) is 1.75. The van der Waals surface area contributed by atoms with Crippen LogP contribution in [0.3, 0.4) is 0 Å². The van der Waals surface area contributed by atoms with E-state index in [1.807, 2.05) is 0 Å². The smallest absolute Gasteiger partial charge is 0.122 e. The van der Waals surface area contributed by atoms with E-state index in [1.54, 1.807) is 0 Å². The molecule has 1 unspecified atom stereocenters. The lowest BCUT2D eigenvalue weighted by molar-refractivity contribution is 0.0977. The minimum Gasteiger partial charge on any atom is -0.493 e. The summed E-state index contributed by atoms with van der Waals surface area (Å²) >= 11 is 0. The summed E-state index contributed by atoms with van der Waals surface area (Å²) in [5, 5.41) is 0. The fraction of sp³-hybridized carbons (Fsp3) is 0.739. The standard InChI is InChI=1S/C23H40O2/c1-4-6-7-8-9-10-15-22-16-11-12-17-23(22)25-19-14-13-18-24-20-21(3)5-2/h11-12,16-17,21H,4-10,13-15,18-20H2,1-3H3. The molecule has 0 aromatic heterocycles. The van der Waals surface area contributed by atoms with E-state index in [4.69, 9.17) is 9.47 Å². The van der Waals surface area contributed by atoms with Crippen molar-refractivity contribution in [3.05, 3.63) is 29.8 Å². The number of para-hydroxylation sites is 1. The molecule has 1 rings (SSSR count). The Morgan fingerprint density at radius 2 is 1.56 bits per heavy atom. The summed E-state index contributed by atoms with van der Waals surface area (Å²) in [6.07, 6.45) is 12.5. The van der Waals surface area contributed by atoms with Crippen molar-refractivity contribution >= 4 is 0 Å².